The summed E-state index contributed by atoms with van der Waals surface area (Å²) in [4.78, 5) is 10.9. The Labute approximate surface area is 118 Å². The maximum Gasteiger partial charge on any atom is 0.328 e. The average molecular weight is 300 g/mol. The van der Waals surface area contributed by atoms with Gasteiger partial charge in [0.25, 0.3) is 0 Å². The molecule has 0 fully saturated rings. The first-order valence-corrected chi connectivity index (χ1v) is 6.00. The van der Waals surface area contributed by atoms with E-state index in [1.54, 1.807) is 0 Å². The van der Waals surface area contributed by atoms with Gasteiger partial charge in [-0.1, -0.05) is 16.8 Å². The largest absolute Gasteiger partial charge is 0.492 e. The van der Waals surface area contributed by atoms with Crippen molar-refractivity contribution in [2.24, 2.45) is 0 Å². The second-order valence-electron chi connectivity index (χ2n) is 4.07. The van der Waals surface area contributed by atoms with Crippen LogP contribution in [0.3, 0.4) is 0 Å². The monoisotopic (exact) mass is 299 g/mol. The topological polar surface area (TPSA) is 77.2 Å². The summed E-state index contributed by atoms with van der Waals surface area (Å²) in [7, 11) is 1.31. The number of aliphatic carboxylic acids is 1. The first-order valence-electron chi connectivity index (χ1n) is 5.62. The molecule has 1 unspecified atom stereocenters. The van der Waals surface area contributed by atoms with Crippen LogP contribution in [0.4, 0.5) is 4.39 Å². The summed E-state index contributed by atoms with van der Waals surface area (Å²) < 4.78 is 19.7. The van der Waals surface area contributed by atoms with Crippen LogP contribution < -0.4 is 4.74 Å². The fourth-order valence-corrected chi connectivity index (χ4v) is 1.90. The van der Waals surface area contributed by atoms with Crippen LogP contribution in [0.15, 0.2) is 18.3 Å². The van der Waals surface area contributed by atoms with E-state index in [0.29, 0.717) is 11.3 Å². The normalized spacial score (nSPS) is 12.2. The lowest BCUT2D eigenvalue weighted by Gasteiger charge is -2.06. The number of hydrogen-bond donors (Lipinski definition) is 1. The van der Waals surface area contributed by atoms with Crippen LogP contribution in [0.25, 0.3) is 11.3 Å². The van der Waals surface area contributed by atoms with E-state index in [1.165, 1.54) is 37.0 Å². The van der Waals surface area contributed by atoms with E-state index in [9.17, 15) is 9.18 Å². The van der Waals surface area contributed by atoms with Crippen LogP contribution in [0.5, 0.6) is 5.75 Å². The molecule has 0 aliphatic carbocycles. The molecule has 106 valence electrons. The number of aromatic nitrogens is 3. The number of benzene rings is 1. The van der Waals surface area contributed by atoms with Gasteiger partial charge in [0.05, 0.1) is 18.3 Å². The highest BCUT2D eigenvalue weighted by Crippen LogP contribution is 2.32. The summed E-state index contributed by atoms with van der Waals surface area (Å²) in [5, 5.41) is 16.5. The van der Waals surface area contributed by atoms with Gasteiger partial charge in [0.15, 0.2) is 11.6 Å². The fourth-order valence-electron chi connectivity index (χ4n) is 1.61. The van der Waals surface area contributed by atoms with E-state index < -0.39 is 17.8 Å². The highest BCUT2D eigenvalue weighted by molar-refractivity contribution is 6.32. The molecule has 8 heteroatoms. The van der Waals surface area contributed by atoms with Crippen LogP contribution >= 0.6 is 11.6 Å². The molecule has 1 N–H and O–H groups in total. The van der Waals surface area contributed by atoms with Crippen molar-refractivity contribution in [3.05, 3.63) is 29.2 Å². The summed E-state index contributed by atoms with van der Waals surface area (Å²) in [5.41, 5.74) is 0.707. The quantitative estimate of drug-likeness (QED) is 0.938. The number of carboxylic acid groups (broad SMARTS) is 1. The molecule has 0 radical (unpaired) electrons. The van der Waals surface area contributed by atoms with Gasteiger partial charge in [-0.15, -0.1) is 5.10 Å². The number of hydrogen-bond acceptors (Lipinski definition) is 4. The summed E-state index contributed by atoms with van der Waals surface area (Å²) in [6, 6.07) is 1.81. The molecule has 1 aromatic carbocycles. The summed E-state index contributed by atoms with van der Waals surface area (Å²) in [6.07, 6.45) is 1.41. The van der Waals surface area contributed by atoms with Crippen LogP contribution in [0.2, 0.25) is 5.02 Å². The third-order valence-corrected chi connectivity index (χ3v) is 3.04. The van der Waals surface area contributed by atoms with Gasteiger partial charge in [0.1, 0.15) is 11.7 Å². The van der Waals surface area contributed by atoms with Gasteiger partial charge in [0.2, 0.25) is 0 Å². The average Bonchev–Trinajstić information content (AvgIpc) is 2.86. The molecule has 20 heavy (non-hydrogen) atoms. The lowest BCUT2D eigenvalue weighted by atomic mass is 10.1. The van der Waals surface area contributed by atoms with Crippen molar-refractivity contribution in [2.75, 3.05) is 7.11 Å². The molecular weight excluding hydrogens is 289 g/mol. The molecule has 0 amide bonds. The molecule has 0 aliphatic heterocycles. The van der Waals surface area contributed by atoms with E-state index in [-0.39, 0.29) is 10.8 Å². The number of carboxylic acids is 1. The van der Waals surface area contributed by atoms with Crippen LogP contribution in [-0.4, -0.2) is 33.2 Å². The molecular formula is C12H11ClFN3O3. The Balaban J connectivity index is 2.40. The molecule has 0 aliphatic rings. The number of nitrogens with zero attached hydrogens (tertiary/aromatic N) is 3. The van der Waals surface area contributed by atoms with Gasteiger partial charge in [0, 0.05) is 5.56 Å². The molecule has 1 aromatic heterocycles. The number of carbonyl (C=O) groups is 1. The van der Waals surface area contributed by atoms with Crippen molar-refractivity contribution in [3.8, 4) is 17.0 Å². The number of rotatable bonds is 4. The maximum absolute atomic E-state index is 13.7. The van der Waals surface area contributed by atoms with Gasteiger partial charge in [-0.05, 0) is 19.1 Å². The third kappa shape index (κ3) is 2.57. The second kappa shape index (κ2) is 5.46. The predicted molar refractivity (Wildman–Crippen MR) is 69.3 cm³/mol. The van der Waals surface area contributed by atoms with Crippen molar-refractivity contribution in [2.45, 2.75) is 13.0 Å². The van der Waals surface area contributed by atoms with Gasteiger partial charge < -0.3 is 9.84 Å². The first-order chi connectivity index (χ1) is 9.43. The predicted octanol–water partition coefficient (Wildman–Crippen LogP) is 2.39. The minimum absolute atomic E-state index is 0.0540. The van der Waals surface area contributed by atoms with Crippen LogP contribution in [0, 0.1) is 5.82 Å². The summed E-state index contributed by atoms with van der Waals surface area (Å²) in [6.45, 7) is 1.46. The lowest BCUT2D eigenvalue weighted by Crippen LogP contribution is -2.15. The first kappa shape index (κ1) is 14.3. The minimum Gasteiger partial charge on any atom is -0.492 e. The molecule has 0 spiro atoms. The molecule has 6 nitrogen and oxygen atoms in total. The molecule has 2 rings (SSSR count). The molecule has 0 saturated carbocycles. The maximum atomic E-state index is 13.7. The van der Waals surface area contributed by atoms with E-state index >= 15 is 0 Å². The fraction of sp³-hybridized carbons (Fsp3) is 0.250. The summed E-state index contributed by atoms with van der Waals surface area (Å²) in [5.74, 6) is -1.72. The van der Waals surface area contributed by atoms with Crippen LogP contribution in [0.1, 0.15) is 13.0 Å². The molecule has 2 aromatic rings. The van der Waals surface area contributed by atoms with E-state index in [1.807, 2.05) is 0 Å². The standard InChI is InChI=1S/C12H11ClFN3O3/c1-6(12(18)19)17-5-10(15-16-17)7-3-8(13)11(20-2)9(14)4-7/h3-6H,1-2H3,(H,18,19). The van der Waals surface area contributed by atoms with Crippen molar-refractivity contribution < 1.29 is 19.0 Å². The number of halogens is 2. The SMILES string of the molecule is COc1c(F)cc(-c2cn(C(C)C(=O)O)nn2)cc1Cl. The molecule has 1 heterocycles. The van der Waals surface area contributed by atoms with E-state index in [0.717, 1.165) is 0 Å². The Kier molecular flexibility index (Phi) is 3.89. The zero-order valence-corrected chi connectivity index (χ0v) is 11.4. The molecule has 0 bridgehead atoms. The summed E-state index contributed by atoms with van der Waals surface area (Å²) >= 11 is 5.89. The zero-order chi connectivity index (χ0) is 14.9. The highest BCUT2D eigenvalue weighted by atomic mass is 35.5. The third-order valence-electron chi connectivity index (χ3n) is 2.76. The van der Waals surface area contributed by atoms with E-state index in [4.69, 9.17) is 21.4 Å². The number of methoxy groups -OCH3 is 1. The Morgan fingerprint density at radius 3 is 2.80 bits per heavy atom. The zero-order valence-electron chi connectivity index (χ0n) is 10.7. The van der Waals surface area contributed by atoms with Crippen molar-refractivity contribution in [1.82, 2.24) is 15.0 Å². The van der Waals surface area contributed by atoms with Gasteiger partial charge in [-0.25, -0.2) is 13.9 Å². The molecule has 0 saturated heterocycles. The second-order valence-corrected chi connectivity index (χ2v) is 4.48. The highest BCUT2D eigenvalue weighted by Gasteiger charge is 2.17. The van der Waals surface area contributed by atoms with Crippen LogP contribution in [-0.2, 0) is 4.79 Å². The van der Waals surface area contributed by atoms with Crippen molar-refractivity contribution >= 4 is 17.6 Å². The molecule has 1 atom stereocenters. The van der Waals surface area contributed by atoms with Gasteiger partial charge >= 0.3 is 5.97 Å². The smallest absolute Gasteiger partial charge is 0.328 e. The minimum atomic E-state index is -1.04. The van der Waals surface area contributed by atoms with Gasteiger partial charge in [-0.2, -0.15) is 0 Å². The Morgan fingerprint density at radius 1 is 1.55 bits per heavy atom. The number of ether oxygens (including phenoxy) is 1. The van der Waals surface area contributed by atoms with Gasteiger partial charge in [-0.3, -0.25) is 0 Å². The lowest BCUT2D eigenvalue weighted by molar-refractivity contribution is -0.140. The Morgan fingerprint density at radius 2 is 2.25 bits per heavy atom. The van der Waals surface area contributed by atoms with E-state index in [2.05, 4.69) is 10.3 Å². The Bertz CT molecular complexity index is 636. The Hall–Kier alpha value is -2.15. The van der Waals surface area contributed by atoms with Crippen molar-refractivity contribution in [1.29, 1.82) is 0 Å². The van der Waals surface area contributed by atoms with Crippen molar-refractivity contribution in [3.63, 3.8) is 0 Å².